The Hall–Kier alpha value is -4.91. The number of amides is 2. The van der Waals surface area contributed by atoms with Gasteiger partial charge in [0.05, 0.1) is 0 Å². The molecule has 0 fully saturated rings. The monoisotopic (exact) mass is 549 g/mol. The van der Waals surface area contributed by atoms with Gasteiger partial charge in [0.1, 0.15) is 18.9 Å². The molecule has 3 aromatic carbocycles. The topological polar surface area (TPSA) is 75.8 Å². The molecule has 0 aliphatic heterocycles. The number of carbonyl (C=O) groups excluding carboxylic acids is 2. The SMILES string of the molecule is C=C(C)C(=O)OCCNC(=O)[NH+]=C1C=CC(=C(c2ccc(N(C)C)cc2)c2ccc(N(C)C)cc2)c2ccccc21. The lowest BCUT2D eigenvalue weighted by Gasteiger charge is -2.21. The van der Waals surface area contributed by atoms with Crippen molar-refractivity contribution < 1.29 is 19.3 Å². The molecule has 0 saturated heterocycles. The van der Waals surface area contributed by atoms with E-state index >= 15 is 0 Å². The van der Waals surface area contributed by atoms with E-state index < -0.39 is 5.97 Å². The summed E-state index contributed by atoms with van der Waals surface area (Å²) in [7, 11) is 8.13. The molecule has 41 heavy (non-hydrogen) atoms. The molecule has 0 unspecified atom stereocenters. The molecule has 0 saturated carbocycles. The number of nitrogens with one attached hydrogen (secondary N) is 2. The first-order valence-corrected chi connectivity index (χ1v) is 13.5. The van der Waals surface area contributed by atoms with Crippen molar-refractivity contribution >= 4 is 40.2 Å². The van der Waals surface area contributed by atoms with Crippen LogP contribution in [0.15, 0.2) is 97.1 Å². The number of fused-ring (bicyclic) bond motifs is 1. The number of urea groups is 1. The molecular weight excluding hydrogens is 512 g/mol. The molecule has 2 amide bonds. The van der Waals surface area contributed by atoms with Gasteiger partial charge in [0.2, 0.25) is 0 Å². The van der Waals surface area contributed by atoms with Gasteiger partial charge >= 0.3 is 12.0 Å². The van der Waals surface area contributed by atoms with E-state index in [4.69, 9.17) is 4.74 Å². The van der Waals surface area contributed by atoms with Gasteiger partial charge in [-0.3, -0.25) is 0 Å². The number of ether oxygens (including phenoxy) is 1. The summed E-state index contributed by atoms with van der Waals surface area (Å²) >= 11 is 0. The highest BCUT2D eigenvalue weighted by molar-refractivity contribution is 6.17. The van der Waals surface area contributed by atoms with Crippen LogP contribution in [0, 0.1) is 0 Å². The van der Waals surface area contributed by atoms with Crippen LogP contribution in [0.3, 0.4) is 0 Å². The van der Waals surface area contributed by atoms with Gasteiger partial charge in [-0.05, 0) is 71.2 Å². The average molecular weight is 550 g/mol. The molecule has 0 heterocycles. The van der Waals surface area contributed by atoms with Crippen LogP contribution in [0.5, 0.6) is 0 Å². The minimum atomic E-state index is -0.478. The quantitative estimate of drug-likeness (QED) is 0.252. The average Bonchev–Trinajstić information content (AvgIpc) is 2.97. The Morgan fingerprint density at radius 3 is 1.85 bits per heavy atom. The Labute approximate surface area is 242 Å². The molecule has 7 heteroatoms. The number of hydrogen-bond donors (Lipinski definition) is 2. The lowest BCUT2D eigenvalue weighted by atomic mass is 9.83. The number of rotatable bonds is 8. The number of allylic oxidation sites excluding steroid dienone is 3. The first-order chi connectivity index (χ1) is 19.7. The molecule has 3 aromatic rings. The summed E-state index contributed by atoms with van der Waals surface area (Å²) in [6, 6.07) is 24.8. The first-order valence-electron chi connectivity index (χ1n) is 13.5. The summed E-state index contributed by atoms with van der Waals surface area (Å²) in [5.74, 6) is -0.478. The van der Waals surface area contributed by atoms with Crippen LogP contribution in [0.25, 0.3) is 11.1 Å². The van der Waals surface area contributed by atoms with E-state index in [1.165, 1.54) is 0 Å². The molecular formula is C34H37N4O3+. The number of nitrogens with zero attached hydrogens (tertiary/aromatic N) is 2. The highest BCUT2D eigenvalue weighted by Gasteiger charge is 2.22. The van der Waals surface area contributed by atoms with Crippen LogP contribution in [-0.2, 0) is 9.53 Å². The molecule has 7 nitrogen and oxygen atoms in total. The van der Waals surface area contributed by atoms with E-state index in [-0.39, 0.29) is 19.2 Å². The predicted octanol–water partition coefficient (Wildman–Crippen LogP) is 4.05. The molecule has 0 aromatic heterocycles. The van der Waals surface area contributed by atoms with Gasteiger partial charge in [0.15, 0.2) is 0 Å². The van der Waals surface area contributed by atoms with Crippen LogP contribution >= 0.6 is 0 Å². The Kier molecular flexibility index (Phi) is 9.19. The summed E-state index contributed by atoms with van der Waals surface area (Å²) in [5.41, 5.74) is 9.56. The Bertz CT molecular complexity index is 1480. The zero-order valence-corrected chi connectivity index (χ0v) is 24.3. The van der Waals surface area contributed by atoms with Crippen LogP contribution < -0.4 is 20.1 Å². The number of esters is 1. The number of carbonyl (C=O) groups is 2. The predicted molar refractivity (Wildman–Crippen MR) is 167 cm³/mol. The highest BCUT2D eigenvalue weighted by atomic mass is 16.5. The van der Waals surface area contributed by atoms with Crippen molar-refractivity contribution in [3.63, 3.8) is 0 Å². The second-order valence-corrected chi connectivity index (χ2v) is 10.3. The van der Waals surface area contributed by atoms with Crippen molar-refractivity contribution in [2.75, 3.05) is 51.1 Å². The standard InChI is InChI=1S/C34H36N4O3/c1-23(2)33(39)41-22-21-35-34(40)36-31-20-19-30(28-9-7-8-10-29(28)31)32(24-11-15-26(16-12-24)37(3)4)25-13-17-27(18-14-25)38(5)6/h7-20H,1,21-22H2,2-6H3,(H,35,40)/p+1. The maximum atomic E-state index is 12.7. The summed E-state index contributed by atoms with van der Waals surface area (Å²) in [6.45, 7) is 5.39. The zero-order valence-electron chi connectivity index (χ0n) is 24.3. The van der Waals surface area contributed by atoms with E-state index in [0.29, 0.717) is 11.3 Å². The highest BCUT2D eigenvalue weighted by Crippen LogP contribution is 2.37. The molecule has 0 atom stereocenters. The minimum Gasteiger partial charge on any atom is -0.458 e. The van der Waals surface area contributed by atoms with Gasteiger partial charge in [-0.2, -0.15) is 4.79 Å². The van der Waals surface area contributed by atoms with Gasteiger partial charge in [0.25, 0.3) is 0 Å². The summed E-state index contributed by atoms with van der Waals surface area (Å²) in [4.78, 5) is 31.4. The van der Waals surface area contributed by atoms with Gasteiger partial charge < -0.3 is 14.5 Å². The second-order valence-electron chi connectivity index (χ2n) is 10.3. The van der Waals surface area contributed by atoms with Crippen molar-refractivity contribution in [2.24, 2.45) is 0 Å². The fraction of sp³-hybridized carbons (Fsp3) is 0.206. The lowest BCUT2D eigenvalue weighted by Crippen LogP contribution is -2.80. The van der Waals surface area contributed by atoms with Crippen LogP contribution in [0.1, 0.15) is 29.2 Å². The van der Waals surface area contributed by atoms with Crippen molar-refractivity contribution in [1.29, 1.82) is 0 Å². The Morgan fingerprint density at radius 1 is 0.805 bits per heavy atom. The third-order valence-corrected chi connectivity index (χ3v) is 6.76. The maximum Gasteiger partial charge on any atom is 0.489 e. The number of anilines is 2. The van der Waals surface area contributed by atoms with E-state index in [2.05, 4.69) is 87.4 Å². The van der Waals surface area contributed by atoms with E-state index in [9.17, 15) is 9.59 Å². The molecule has 2 N–H and O–H groups in total. The molecule has 0 radical (unpaired) electrons. The Balaban J connectivity index is 1.73. The largest absolute Gasteiger partial charge is 0.489 e. The maximum absolute atomic E-state index is 12.7. The zero-order chi connectivity index (χ0) is 29.5. The third-order valence-electron chi connectivity index (χ3n) is 6.76. The van der Waals surface area contributed by atoms with E-state index in [1.807, 2.05) is 52.5 Å². The summed E-state index contributed by atoms with van der Waals surface area (Å²) in [6.07, 6.45) is 3.99. The smallest absolute Gasteiger partial charge is 0.458 e. The Morgan fingerprint density at radius 2 is 1.34 bits per heavy atom. The molecule has 0 spiro atoms. The molecule has 4 rings (SSSR count). The lowest BCUT2D eigenvalue weighted by molar-refractivity contribution is -0.342. The van der Waals surface area contributed by atoms with Crippen molar-refractivity contribution in [1.82, 2.24) is 5.32 Å². The van der Waals surface area contributed by atoms with E-state index in [1.54, 1.807) is 6.92 Å². The summed E-state index contributed by atoms with van der Waals surface area (Å²) in [5, 5.41) is 2.74. The van der Waals surface area contributed by atoms with Crippen molar-refractivity contribution in [2.45, 2.75) is 6.92 Å². The summed E-state index contributed by atoms with van der Waals surface area (Å²) < 4.78 is 5.05. The molecule has 0 bridgehead atoms. The van der Waals surface area contributed by atoms with Gasteiger partial charge in [-0.25, -0.2) is 15.1 Å². The van der Waals surface area contributed by atoms with Gasteiger partial charge in [0, 0.05) is 50.7 Å². The van der Waals surface area contributed by atoms with Crippen LogP contribution in [0.2, 0.25) is 0 Å². The molecule has 210 valence electrons. The van der Waals surface area contributed by atoms with E-state index in [0.717, 1.165) is 44.8 Å². The first kappa shape index (κ1) is 29.1. The fourth-order valence-corrected chi connectivity index (χ4v) is 4.55. The van der Waals surface area contributed by atoms with Crippen molar-refractivity contribution in [3.8, 4) is 0 Å². The minimum absolute atomic E-state index is 0.0658. The van der Waals surface area contributed by atoms with Gasteiger partial charge in [-0.15, -0.1) is 0 Å². The van der Waals surface area contributed by atoms with Crippen LogP contribution in [0.4, 0.5) is 16.2 Å². The fourth-order valence-electron chi connectivity index (χ4n) is 4.55. The molecule has 1 aliphatic rings. The molecule has 1 aliphatic carbocycles. The number of benzene rings is 3. The van der Waals surface area contributed by atoms with Gasteiger partial charge in [-0.1, -0.05) is 55.1 Å². The van der Waals surface area contributed by atoms with Crippen LogP contribution in [-0.4, -0.2) is 59.1 Å². The normalized spacial score (nSPS) is 12.9. The third kappa shape index (κ3) is 7.00. The second kappa shape index (κ2) is 13.0. The number of hydrogen-bond acceptors (Lipinski definition) is 5. The van der Waals surface area contributed by atoms with Crippen molar-refractivity contribution in [3.05, 3.63) is 119 Å².